The molecular formula is C25H22F3N3O4S. The number of aryl methyl sites for hydroxylation is 4. The molecular weight excluding hydrogens is 495 g/mol. The number of carbonyl (C=O) groups is 1. The molecule has 0 bridgehead atoms. The fourth-order valence-electron chi connectivity index (χ4n) is 3.81. The molecule has 188 valence electrons. The van der Waals surface area contributed by atoms with E-state index in [1.807, 2.05) is 32.0 Å². The van der Waals surface area contributed by atoms with E-state index in [1.165, 1.54) is 12.1 Å². The topological polar surface area (TPSA) is 101 Å². The lowest BCUT2D eigenvalue weighted by atomic mass is 10.0. The van der Waals surface area contributed by atoms with Crippen molar-refractivity contribution in [3.63, 3.8) is 0 Å². The standard InChI is InChI=1S/C25H22F3N3O4S/c1-13-5-7-18(9-14(13)2)29-24(32)17-6-8-20-21(12-17)31-23(30-20)22-15(3)10-19(11-16(22)4)35-36(33,34)25(26,27)28/h5-12H,1-4H3,(H,29,32)(H,30,31). The molecule has 0 aliphatic carbocycles. The highest BCUT2D eigenvalue weighted by atomic mass is 32.2. The minimum Gasteiger partial charge on any atom is -0.376 e. The number of benzene rings is 3. The number of nitrogens with zero attached hydrogens (tertiary/aromatic N) is 1. The van der Waals surface area contributed by atoms with Crippen LogP contribution in [0.25, 0.3) is 22.4 Å². The minimum absolute atomic E-state index is 0.295. The van der Waals surface area contributed by atoms with Crippen molar-refractivity contribution in [1.82, 2.24) is 9.97 Å². The number of imidazole rings is 1. The number of halogens is 3. The summed E-state index contributed by atoms with van der Waals surface area (Å²) in [7, 11) is -5.78. The third-order valence-corrected chi connectivity index (χ3v) is 6.72. The fourth-order valence-corrected chi connectivity index (χ4v) is 4.26. The molecule has 2 N–H and O–H groups in total. The minimum atomic E-state index is -5.78. The Morgan fingerprint density at radius 2 is 1.58 bits per heavy atom. The fraction of sp³-hybridized carbons (Fsp3) is 0.200. The van der Waals surface area contributed by atoms with Crippen molar-refractivity contribution in [2.75, 3.05) is 5.32 Å². The van der Waals surface area contributed by atoms with Gasteiger partial charge in [0, 0.05) is 16.8 Å². The Bertz CT molecular complexity index is 1590. The second-order valence-electron chi connectivity index (χ2n) is 8.49. The van der Waals surface area contributed by atoms with Crippen LogP contribution in [0.3, 0.4) is 0 Å². The van der Waals surface area contributed by atoms with E-state index in [4.69, 9.17) is 0 Å². The van der Waals surface area contributed by atoms with Crippen LogP contribution >= 0.6 is 0 Å². The second-order valence-corrected chi connectivity index (χ2v) is 10.0. The monoisotopic (exact) mass is 517 g/mol. The van der Waals surface area contributed by atoms with Crippen LogP contribution in [0, 0.1) is 27.7 Å². The summed E-state index contributed by atoms with van der Waals surface area (Å²) >= 11 is 0. The summed E-state index contributed by atoms with van der Waals surface area (Å²) in [4.78, 5) is 20.4. The number of carbonyl (C=O) groups excluding carboxylic acids is 1. The summed E-state index contributed by atoms with van der Waals surface area (Å²) in [6.07, 6.45) is 0. The number of nitrogens with one attached hydrogen (secondary N) is 2. The predicted molar refractivity (Wildman–Crippen MR) is 130 cm³/mol. The van der Waals surface area contributed by atoms with Gasteiger partial charge in [-0.25, -0.2) is 4.98 Å². The van der Waals surface area contributed by atoms with Crippen molar-refractivity contribution in [2.45, 2.75) is 33.2 Å². The lowest BCUT2D eigenvalue weighted by Gasteiger charge is -2.13. The first-order valence-electron chi connectivity index (χ1n) is 10.8. The predicted octanol–water partition coefficient (Wildman–Crippen LogP) is 5.94. The molecule has 36 heavy (non-hydrogen) atoms. The molecule has 0 fully saturated rings. The average Bonchev–Trinajstić information content (AvgIpc) is 3.17. The van der Waals surface area contributed by atoms with Crippen molar-refractivity contribution >= 4 is 32.7 Å². The van der Waals surface area contributed by atoms with E-state index < -0.39 is 21.4 Å². The van der Waals surface area contributed by atoms with Crippen molar-refractivity contribution < 1.29 is 30.6 Å². The van der Waals surface area contributed by atoms with E-state index >= 15 is 0 Å². The first kappa shape index (κ1) is 25.2. The molecule has 4 aromatic rings. The van der Waals surface area contributed by atoms with Gasteiger partial charge in [-0.2, -0.15) is 21.6 Å². The number of fused-ring (bicyclic) bond motifs is 1. The van der Waals surface area contributed by atoms with Gasteiger partial charge in [-0.05, 0) is 92.4 Å². The molecule has 0 aliphatic heterocycles. The molecule has 11 heteroatoms. The molecule has 0 saturated heterocycles. The van der Waals surface area contributed by atoms with Crippen LogP contribution in [0.4, 0.5) is 18.9 Å². The molecule has 0 aliphatic rings. The van der Waals surface area contributed by atoms with Crippen LogP contribution in [-0.4, -0.2) is 29.8 Å². The normalized spacial score (nSPS) is 12.1. The summed E-state index contributed by atoms with van der Waals surface area (Å²) in [5, 5.41) is 2.87. The average molecular weight is 518 g/mol. The number of rotatable bonds is 5. The second kappa shape index (κ2) is 8.98. The third-order valence-electron chi connectivity index (χ3n) is 5.74. The zero-order valence-electron chi connectivity index (χ0n) is 19.7. The maximum atomic E-state index is 12.8. The first-order valence-corrected chi connectivity index (χ1v) is 12.2. The first-order chi connectivity index (χ1) is 16.7. The van der Waals surface area contributed by atoms with E-state index in [-0.39, 0.29) is 5.91 Å². The summed E-state index contributed by atoms with van der Waals surface area (Å²) in [5.41, 5.74) is 0.357. The van der Waals surface area contributed by atoms with Crippen LogP contribution in [0.5, 0.6) is 5.75 Å². The van der Waals surface area contributed by atoms with Crippen LogP contribution in [0.15, 0.2) is 48.5 Å². The highest BCUT2D eigenvalue weighted by Crippen LogP contribution is 2.33. The van der Waals surface area contributed by atoms with Crippen LogP contribution in [0.2, 0.25) is 0 Å². The molecule has 0 unspecified atom stereocenters. The molecule has 0 atom stereocenters. The Labute approximate surface area is 205 Å². The van der Waals surface area contributed by atoms with Crippen LogP contribution in [0.1, 0.15) is 32.6 Å². The molecule has 1 amide bonds. The highest BCUT2D eigenvalue weighted by molar-refractivity contribution is 7.88. The van der Waals surface area contributed by atoms with E-state index in [1.54, 1.807) is 32.0 Å². The SMILES string of the molecule is Cc1ccc(NC(=O)c2ccc3nc(-c4c(C)cc(OS(=O)(=O)C(F)(F)F)cc4C)[nH]c3c2)cc1C. The summed E-state index contributed by atoms with van der Waals surface area (Å²) in [6, 6.07) is 13.0. The summed E-state index contributed by atoms with van der Waals surface area (Å²) in [5.74, 6) is -0.333. The summed E-state index contributed by atoms with van der Waals surface area (Å²) in [6.45, 7) is 7.15. The number of amides is 1. The zero-order chi connectivity index (χ0) is 26.4. The number of hydrogen-bond acceptors (Lipinski definition) is 5. The smallest absolute Gasteiger partial charge is 0.376 e. The van der Waals surface area contributed by atoms with Gasteiger partial charge in [0.1, 0.15) is 11.6 Å². The van der Waals surface area contributed by atoms with Crippen molar-refractivity contribution in [3.8, 4) is 17.1 Å². The van der Waals surface area contributed by atoms with E-state index in [0.717, 1.165) is 11.1 Å². The van der Waals surface area contributed by atoms with Crippen LogP contribution < -0.4 is 9.50 Å². The Hall–Kier alpha value is -3.86. The quantitative estimate of drug-likeness (QED) is 0.252. The van der Waals surface area contributed by atoms with Crippen molar-refractivity contribution in [3.05, 3.63) is 76.3 Å². The van der Waals surface area contributed by atoms with E-state index in [9.17, 15) is 26.4 Å². The van der Waals surface area contributed by atoms with Crippen LogP contribution in [-0.2, 0) is 10.1 Å². The van der Waals surface area contributed by atoms with E-state index in [0.29, 0.717) is 44.8 Å². The van der Waals surface area contributed by atoms with Crippen molar-refractivity contribution in [1.29, 1.82) is 0 Å². The number of alkyl halides is 3. The molecule has 1 aromatic heterocycles. The molecule has 0 radical (unpaired) electrons. The largest absolute Gasteiger partial charge is 0.534 e. The number of aromatic amines is 1. The maximum Gasteiger partial charge on any atom is 0.534 e. The van der Waals surface area contributed by atoms with Gasteiger partial charge in [-0.3, -0.25) is 4.79 Å². The van der Waals surface area contributed by atoms with Crippen molar-refractivity contribution in [2.24, 2.45) is 0 Å². The van der Waals surface area contributed by atoms with Gasteiger partial charge in [0.25, 0.3) is 5.91 Å². The Morgan fingerprint density at radius 3 is 2.19 bits per heavy atom. The Balaban J connectivity index is 1.63. The Morgan fingerprint density at radius 1 is 0.917 bits per heavy atom. The Kier molecular flexibility index (Phi) is 6.29. The number of anilines is 1. The van der Waals surface area contributed by atoms with Gasteiger partial charge in [0.15, 0.2) is 0 Å². The number of aromatic nitrogens is 2. The highest BCUT2D eigenvalue weighted by Gasteiger charge is 2.48. The molecule has 1 heterocycles. The van der Waals surface area contributed by atoms with Gasteiger partial charge in [-0.15, -0.1) is 0 Å². The van der Waals surface area contributed by atoms with Gasteiger partial charge < -0.3 is 14.5 Å². The molecule has 0 saturated carbocycles. The lowest BCUT2D eigenvalue weighted by molar-refractivity contribution is -0.0500. The van der Waals surface area contributed by atoms with Gasteiger partial charge in [0.2, 0.25) is 0 Å². The zero-order valence-corrected chi connectivity index (χ0v) is 20.6. The lowest BCUT2D eigenvalue weighted by Crippen LogP contribution is -2.28. The third kappa shape index (κ3) is 4.92. The molecule has 4 rings (SSSR count). The molecule has 0 spiro atoms. The summed E-state index contributed by atoms with van der Waals surface area (Å²) < 4.78 is 65.0. The van der Waals surface area contributed by atoms with Gasteiger partial charge >= 0.3 is 15.6 Å². The number of hydrogen-bond donors (Lipinski definition) is 2. The molecule has 3 aromatic carbocycles. The number of H-pyrrole nitrogens is 1. The molecule has 7 nitrogen and oxygen atoms in total. The van der Waals surface area contributed by atoms with E-state index in [2.05, 4.69) is 19.5 Å². The maximum absolute atomic E-state index is 12.8. The van der Waals surface area contributed by atoms with Gasteiger partial charge in [-0.1, -0.05) is 6.07 Å². The van der Waals surface area contributed by atoms with Gasteiger partial charge in [0.05, 0.1) is 11.0 Å².